The molecule has 4 aromatic rings. The molecule has 0 aliphatic carbocycles. The summed E-state index contributed by atoms with van der Waals surface area (Å²) in [6.45, 7) is 1.85. The van der Waals surface area contributed by atoms with Crippen LogP contribution >= 0.6 is 0 Å². The van der Waals surface area contributed by atoms with Crippen molar-refractivity contribution in [1.82, 2.24) is 5.32 Å². The van der Waals surface area contributed by atoms with Crippen LogP contribution in [0.1, 0.15) is 41.3 Å². The van der Waals surface area contributed by atoms with Crippen molar-refractivity contribution in [2.75, 3.05) is 7.11 Å². The number of esters is 1. The molecular formula is C31H29NO4. The predicted octanol–water partition coefficient (Wildman–Crippen LogP) is 6.37. The molecule has 4 rings (SSSR count). The van der Waals surface area contributed by atoms with Crippen molar-refractivity contribution in [2.24, 2.45) is 0 Å². The van der Waals surface area contributed by atoms with Crippen molar-refractivity contribution in [2.45, 2.75) is 24.5 Å². The van der Waals surface area contributed by atoms with E-state index in [2.05, 4.69) is 5.32 Å². The lowest BCUT2D eigenvalue weighted by molar-refractivity contribution is -0.155. The summed E-state index contributed by atoms with van der Waals surface area (Å²) in [5, 5.41) is 2.95. The van der Waals surface area contributed by atoms with E-state index in [0.717, 1.165) is 11.1 Å². The zero-order chi connectivity index (χ0) is 25.4. The summed E-state index contributed by atoms with van der Waals surface area (Å²) in [5.41, 5.74) is 1.57. The molecule has 0 heterocycles. The summed E-state index contributed by atoms with van der Waals surface area (Å²) in [5.74, 6) is -0.485. The second-order valence-corrected chi connectivity index (χ2v) is 8.48. The highest BCUT2D eigenvalue weighted by Gasteiger charge is 2.52. The fourth-order valence-electron chi connectivity index (χ4n) is 4.57. The van der Waals surface area contributed by atoms with Gasteiger partial charge in [-0.05, 0) is 29.2 Å². The van der Waals surface area contributed by atoms with Crippen LogP contribution in [0.4, 0.5) is 4.79 Å². The van der Waals surface area contributed by atoms with Crippen LogP contribution in [-0.4, -0.2) is 19.2 Å². The molecule has 36 heavy (non-hydrogen) atoms. The van der Waals surface area contributed by atoms with Crippen molar-refractivity contribution in [1.29, 1.82) is 0 Å². The number of carbonyl (C=O) groups excluding carboxylic acids is 2. The van der Waals surface area contributed by atoms with Crippen molar-refractivity contribution >= 4 is 12.1 Å². The Hall–Kier alpha value is -4.38. The first-order chi connectivity index (χ1) is 17.6. The van der Waals surface area contributed by atoms with E-state index in [4.69, 9.17) is 9.47 Å². The first kappa shape index (κ1) is 24.7. The van der Waals surface area contributed by atoms with Crippen LogP contribution in [-0.2, 0) is 19.7 Å². The zero-order valence-corrected chi connectivity index (χ0v) is 20.3. The molecule has 5 heteroatoms. The standard InChI is InChI=1S/C31H29NO4/c1-23(24-15-7-3-8-16-24)36-29(33)31(26-19-11-5-12-20-26,27-21-13-6-14-22-27)28(32-30(34)35-2)25-17-9-4-10-18-25/h3-23,28H,1-2H3,(H,32,34)/t23-,28+/m1/s1. The third-order valence-electron chi connectivity index (χ3n) is 6.35. The highest BCUT2D eigenvalue weighted by molar-refractivity contribution is 5.90. The minimum atomic E-state index is -1.42. The van der Waals surface area contributed by atoms with Gasteiger partial charge in [-0.15, -0.1) is 0 Å². The van der Waals surface area contributed by atoms with Crippen LogP contribution in [0.3, 0.4) is 0 Å². The van der Waals surface area contributed by atoms with Gasteiger partial charge in [0.15, 0.2) is 0 Å². The van der Waals surface area contributed by atoms with Crippen molar-refractivity contribution in [3.63, 3.8) is 0 Å². The van der Waals surface area contributed by atoms with Crippen molar-refractivity contribution < 1.29 is 19.1 Å². The fraction of sp³-hybridized carbons (Fsp3) is 0.161. The molecule has 0 radical (unpaired) electrons. The number of carbonyl (C=O) groups is 2. The molecule has 1 N–H and O–H groups in total. The van der Waals surface area contributed by atoms with Gasteiger partial charge in [0, 0.05) is 0 Å². The lowest BCUT2D eigenvalue weighted by Gasteiger charge is -2.40. The summed E-state index contributed by atoms with van der Waals surface area (Å²) < 4.78 is 11.2. The van der Waals surface area contributed by atoms with Crippen LogP contribution in [0.2, 0.25) is 0 Å². The van der Waals surface area contributed by atoms with E-state index in [1.54, 1.807) is 0 Å². The number of methoxy groups -OCH3 is 1. The Kier molecular flexibility index (Phi) is 7.81. The van der Waals surface area contributed by atoms with Gasteiger partial charge in [-0.3, -0.25) is 4.79 Å². The largest absolute Gasteiger partial charge is 0.457 e. The van der Waals surface area contributed by atoms with Gasteiger partial charge in [0.2, 0.25) is 0 Å². The molecule has 0 saturated heterocycles. The molecule has 1 amide bonds. The maximum absolute atomic E-state index is 14.5. The summed E-state index contributed by atoms with van der Waals surface area (Å²) in [6, 6.07) is 37.0. The Morgan fingerprint density at radius 2 is 1.08 bits per heavy atom. The van der Waals surface area contributed by atoms with Crippen LogP contribution in [0, 0.1) is 0 Å². The number of alkyl carbamates (subject to hydrolysis) is 1. The summed E-state index contributed by atoms with van der Waals surface area (Å²) in [7, 11) is 1.31. The lowest BCUT2D eigenvalue weighted by Crippen LogP contribution is -2.51. The van der Waals surface area contributed by atoms with Gasteiger partial charge >= 0.3 is 12.1 Å². The fourth-order valence-corrected chi connectivity index (χ4v) is 4.57. The third-order valence-corrected chi connectivity index (χ3v) is 6.35. The molecule has 0 fully saturated rings. The predicted molar refractivity (Wildman–Crippen MR) is 139 cm³/mol. The molecule has 0 aromatic heterocycles. The van der Waals surface area contributed by atoms with Crippen LogP contribution in [0.25, 0.3) is 0 Å². The molecule has 182 valence electrons. The molecule has 4 aromatic carbocycles. The van der Waals surface area contributed by atoms with Crippen LogP contribution in [0.5, 0.6) is 0 Å². The van der Waals surface area contributed by atoms with E-state index in [1.807, 2.05) is 128 Å². The molecule has 0 aliphatic rings. The lowest BCUT2D eigenvalue weighted by atomic mass is 9.67. The Balaban J connectivity index is 1.97. The Bertz CT molecular complexity index is 1220. The van der Waals surface area contributed by atoms with Gasteiger partial charge in [-0.25, -0.2) is 4.79 Å². The number of hydrogen-bond acceptors (Lipinski definition) is 4. The smallest absolute Gasteiger partial charge is 0.407 e. The summed E-state index contributed by atoms with van der Waals surface area (Å²) in [6.07, 6.45) is -1.16. The molecular weight excluding hydrogens is 450 g/mol. The number of rotatable bonds is 8. The van der Waals surface area contributed by atoms with E-state index in [1.165, 1.54) is 7.11 Å². The van der Waals surface area contributed by atoms with E-state index in [-0.39, 0.29) is 0 Å². The average Bonchev–Trinajstić information content (AvgIpc) is 2.95. The summed E-state index contributed by atoms with van der Waals surface area (Å²) in [4.78, 5) is 27.2. The van der Waals surface area contributed by atoms with Crippen LogP contribution in [0.15, 0.2) is 121 Å². The highest BCUT2D eigenvalue weighted by Crippen LogP contribution is 2.45. The number of benzene rings is 4. The van der Waals surface area contributed by atoms with E-state index < -0.39 is 29.6 Å². The SMILES string of the molecule is COC(=O)N[C@@H](c1ccccc1)C(C(=O)O[C@H](C)c1ccccc1)(c1ccccc1)c1ccccc1. The Morgan fingerprint density at radius 3 is 1.53 bits per heavy atom. The molecule has 0 spiro atoms. The van der Waals surface area contributed by atoms with E-state index in [9.17, 15) is 9.59 Å². The highest BCUT2D eigenvalue weighted by atomic mass is 16.5. The quantitative estimate of drug-likeness (QED) is 0.298. The van der Waals surface area contributed by atoms with E-state index >= 15 is 0 Å². The van der Waals surface area contributed by atoms with E-state index in [0.29, 0.717) is 11.1 Å². The first-order valence-electron chi connectivity index (χ1n) is 11.8. The number of amides is 1. The van der Waals surface area contributed by atoms with Gasteiger partial charge in [-0.2, -0.15) is 0 Å². The monoisotopic (exact) mass is 479 g/mol. The minimum absolute atomic E-state index is 0.485. The normalized spacial score (nSPS) is 12.7. The molecule has 0 bridgehead atoms. The second-order valence-electron chi connectivity index (χ2n) is 8.48. The van der Waals surface area contributed by atoms with Gasteiger partial charge in [0.1, 0.15) is 11.5 Å². The molecule has 0 aliphatic heterocycles. The zero-order valence-electron chi connectivity index (χ0n) is 20.3. The van der Waals surface area contributed by atoms with Gasteiger partial charge in [0.05, 0.1) is 13.2 Å². The van der Waals surface area contributed by atoms with Crippen LogP contribution < -0.4 is 5.32 Å². The molecule has 0 saturated carbocycles. The van der Waals surface area contributed by atoms with Crippen molar-refractivity contribution in [3.05, 3.63) is 144 Å². The van der Waals surface area contributed by atoms with Gasteiger partial charge < -0.3 is 14.8 Å². The maximum atomic E-state index is 14.5. The van der Waals surface area contributed by atoms with Crippen molar-refractivity contribution in [3.8, 4) is 0 Å². The number of ether oxygens (including phenoxy) is 2. The topological polar surface area (TPSA) is 64.6 Å². The average molecular weight is 480 g/mol. The summed E-state index contributed by atoms with van der Waals surface area (Å²) >= 11 is 0. The number of hydrogen-bond donors (Lipinski definition) is 1. The molecule has 2 atom stereocenters. The maximum Gasteiger partial charge on any atom is 0.407 e. The Labute approximate surface area is 211 Å². The first-order valence-corrected chi connectivity index (χ1v) is 11.8. The Morgan fingerprint density at radius 1 is 0.667 bits per heavy atom. The molecule has 5 nitrogen and oxygen atoms in total. The number of nitrogens with one attached hydrogen (secondary N) is 1. The van der Waals surface area contributed by atoms with Gasteiger partial charge in [-0.1, -0.05) is 121 Å². The minimum Gasteiger partial charge on any atom is -0.457 e. The van der Waals surface area contributed by atoms with Gasteiger partial charge in [0.25, 0.3) is 0 Å². The second kappa shape index (κ2) is 11.4. The molecule has 0 unspecified atom stereocenters. The third kappa shape index (κ3) is 5.01.